The predicted octanol–water partition coefficient (Wildman–Crippen LogP) is 1.92. The van der Waals surface area contributed by atoms with Crippen molar-refractivity contribution in [1.82, 2.24) is 0 Å². The first kappa shape index (κ1) is 13.7. The molecule has 2 N–H and O–H groups in total. The molecule has 0 spiro atoms. The second-order valence-corrected chi connectivity index (χ2v) is 4.35. The highest BCUT2D eigenvalue weighted by Gasteiger charge is 2.31. The maximum atomic E-state index is 11.8. The number of hydrogen-bond donors (Lipinski definition) is 1. The van der Waals surface area contributed by atoms with Crippen LogP contribution in [0.2, 0.25) is 0 Å². The molecule has 4 heteroatoms. The highest BCUT2D eigenvalue weighted by Crippen LogP contribution is 2.25. The van der Waals surface area contributed by atoms with Crippen LogP contribution in [0.5, 0.6) is 0 Å². The fourth-order valence-corrected chi connectivity index (χ4v) is 1.54. The Morgan fingerprint density at radius 3 is 2.35 bits per heavy atom. The average Bonchev–Trinajstić information content (AvgIpc) is 2.30. The van der Waals surface area contributed by atoms with Crippen molar-refractivity contribution in [1.29, 1.82) is 0 Å². The van der Waals surface area contributed by atoms with Crippen LogP contribution in [0.3, 0.4) is 0 Å². The molecule has 0 bridgehead atoms. The molecule has 4 nitrogen and oxygen atoms in total. The number of ether oxygens (including phenoxy) is 1. The van der Waals surface area contributed by atoms with Crippen LogP contribution < -0.4 is 5.90 Å². The summed E-state index contributed by atoms with van der Waals surface area (Å²) in [7, 11) is 0. The molecule has 1 aromatic carbocycles. The Morgan fingerprint density at radius 2 is 1.88 bits per heavy atom. The van der Waals surface area contributed by atoms with Gasteiger partial charge in [0.15, 0.2) is 0 Å². The lowest BCUT2D eigenvalue weighted by Gasteiger charge is -2.22. The molecular weight excluding hydrogens is 218 g/mol. The van der Waals surface area contributed by atoms with Gasteiger partial charge in [0.1, 0.15) is 0 Å². The van der Waals surface area contributed by atoms with Gasteiger partial charge in [0.25, 0.3) is 0 Å². The third-order valence-corrected chi connectivity index (χ3v) is 2.71. The third-order valence-electron chi connectivity index (χ3n) is 2.71. The largest absolute Gasteiger partial charge is 0.465 e. The van der Waals surface area contributed by atoms with Crippen LogP contribution in [0.1, 0.15) is 31.9 Å². The molecule has 0 aliphatic rings. The summed E-state index contributed by atoms with van der Waals surface area (Å²) in [6.07, 6.45) is 0. The number of hydrogen-bond acceptors (Lipinski definition) is 4. The summed E-state index contributed by atoms with van der Waals surface area (Å²) in [5.74, 6) is 4.78. The normalized spacial score (nSPS) is 11.3. The van der Waals surface area contributed by atoms with Gasteiger partial charge in [-0.2, -0.15) is 0 Å². The first-order chi connectivity index (χ1) is 8.02. The molecular formula is C13H19NO3. The molecule has 0 heterocycles. The number of carbonyl (C=O) groups is 1. The Morgan fingerprint density at radius 1 is 1.29 bits per heavy atom. The highest BCUT2D eigenvalue weighted by atomic mass is 16.6. The molecule has 0 aliphatic heterocycles. The molecule has 0 aromatic heterocycles. The lowest BCUT2D eigenvalue weighted by molar-refractivity contribution is -0.148. The van der Waals surface area contributed by atoms with E-state index in [1.54, 1.807) is 6.92 Å². The average molecular weight is 237 g/mol. The number of nitrogens with two attached hydrogens (primary N) is 1. The lowest BCUT2D eigenvalue weighted by atomic mass is 9.84. The Kier molecular flexibility index (Phi) is 4.66. The lowest BCUT2D eigenvalue weighted by Crippen LogP contribution is -2.31. The smallest absolute Gasteiger partial charge is 0.315 e. The summed E-state index contributed by atoms with van der Waals surface area (Å²) in [5, 5.41) is 0. The summed E-state index contributed by atoms with van der Waals surface area (Å²) in [5.41, 5.74) is 1.24. The van der Waals surface area contributed by atoms with Gasteiger partial charge >= 0.3 is 5.97 Å². The molecule has 0 fully saturated rings. The Hall–Kier alpha value is -1.39. The van der Waals surface area contributed by atoms with Crippen molar-refractivity contribution in [2.45, 2.75) is 32.8 Å². The van der Waals surface area contributed by atoms with Crippen molar-refractivity contribution in [3.8, 4) is 0 Å². The van der Waals surface area contributed by atoms with Crippen LogP contribution in [0, 0.1) is 0 Å². The number of rotatable bonds is 5. The summed E-state index contributed by atoms with van der Waals surface area (Å²) in [4.78, 5) is 16.4. The quantitative estimate of drug-likeness (QED) is 0.627. The van der Waals surface area contributed by atoms with E-state index in [-0.39, 0.29) is 5.97 Å². The summed E-state index contributed by atoms with van der Waals surface area (Å²) in [6, 6.07) is 7.57. The minimum atomic E-state index is -0.641. The van der Waals surface area contributed by atoms with E-state index in [0.717, 1.165) is 11.1 Å². The molecule has 1 aromatic rings. The van der Waals surface area contributed by atoms with E-state index < -0.39 is 5.41 Å². The molecule has 94 valence electrons. The van der Waals surface area contributed by atoms with Crippen LogP contribution in [-0.4, -0.2) is 12.6 Å². The van der Waals surface area contributed by atoms with Gasteiger partial charge in [-0.05, 0) is 31.9 Å². The van der Waals surface area contributed by atoms with Gasteiger partial charge < -0.3 is 4.74 Å². The van der Waals surface area contributed by atoms with E-state index in [4.69, 9.17) is 10.6 Å². The van der Waals surface area contributed by atoms with Crippen LogP contribution in [0.15, 0.2) is 24.3 Å². The zero-order valence-corrected chi connectivity index (χ0v) is 10.5. The first-order valence-electron chi connectivity index (χ1n) is 5.60. The van der Waals surface area contributed by atoms with Gasteiger partial charge in [-0.15, -0.1) is 0 Å². The fraction of sp³-hybridized carbons (Fsp3) is 0.462. The topological polar surface area (TPSA) is 61.5 Å². The minimum Gasteiger partial charge on any atom is -0.465 e. The van der Waals surface area contributed by atoms with E-state index in [0.29, 0.717) is 13.2 Å². The van der Waals surface area contributed by atoms with Crippen molar-refractivity contribution < 1.29 is 14.4 Å². The zero-order valence-electron chi connectivity index (χ0n) is 10.5. The molecule has 0 atom stereocenters. The molecule has 0 saturated heterocycles. The second-order valence-electron chi connectivity index (χ2n) is 4.35. The van der Waals surface area contributed by atoms with E-state index in [1.807, 2.05) is 38.1 Å². The SMILES string of the molecule is CCOC(=O)C(C)(C)c1ccc(CON)cc1. The van der Waals surface area contributed by atoms with Crippen molar-refractivity contribution in [2.24, 2.45) is 5.90 Å². The molecule has 0 aliphatic carbocycles. The zero-order chi connectivity index (χ0) is 12.9. The molecule has 0 saturated carbocycles. The van der Waals surface area contributed by atoms with Gasteiger partial charge in [0.05, 0.1) is 18.6 Å². The first-order valence-corrected chi connectivity index (χ1v) is 5.60. The van der Waals surface area contributed by atoms with Gasteiger partial charge in [-0.1, -0.05) is 24.3 Å². The molecule has 1 rings (SSSR count). The maximum Gasteiger partial charge on any atom is 0.315 e. The standard InChI is InChI=1S/C13H19NO3/c1-4-16-12(15)13(2,3)11-7-5-10(6-8-11)9-17-14/h5-8H,4,9,14H2,1-3H3. The van der Waals surface area contributed by atoms with Crippen LogP contribution >= 0.6 is 0 Å². The molecule has 0 amide bonds. The van der Waals surface area contributed by atoms with Crippen LogP contribution in [0.4, 0.5) is 0 Å². The van der Waals surface area contributed by atoms with E-state index in [9.17, 15) is 4.79 Å². The third kappa shape index (κ3) is 3.28. The summed E-state index contributed by atoms with van der Waals surface area (Å²) >= 11 is 0. The minimum absolute atomic E-state index is 0.220. The van der Waals surface area contributed by atoms with Gasteiger partial charge in [0.2, 0.25) is 0 Å². The maximum absolute atomic E-state index is 11.8. The summed E-state index contributed by atoms with van der Waals surface area (Å²) < 4.78 is 5.06. The Bertz CT molecular complexity index is 371. The Balaban J connectivity index is 2.87. The van der Waals surface area contributed by atoms with E-state index in [2.05, 4.69) is 4.84 Å². The monoisotopic (exact) mass is 237 g/mol. The predicted molar refractivity (Wildman–Crippen MR) is 65.1 cm³/mol. The summed E-state index contributed by atoms with van der Waals surface area (Å²) in [6.45, 7) is 6.25. The number of carbonyl (C=O) groups excluding carboxylic acids is 1. The number of esters is 1. The fourth-order valence-electron chi connectivity index (χ4n) is 1.54. The van der Waals surface area contributed by atoms with Crippen molar-refractivity contribution in [3.63, 3.8) is 0 Å². The molecule has 0 radical (unpaired) electrons. The second kappa shape index (κ2) is 5.80. The number of benzene rings is 1. The highest BCUT2D eigenvalue weighted by molar-refractivity contribution is 5.82. The Labute approximate surface area is 102 Å². The van der Waals surface area contributed by atoms with Crippen LogP contribution in [-0.2, 0) is 26.4 Å². The van der Waals surface area contributed by atoms with Crippen LogP contribution in [0.25, 0.3) is 0 Å². The van der Waals surface area contributed by atoms with Gasteiger partial charge in [-0.3, -0.25) is 9.63 Å². The molecule has 0 unspecified atom stereocenters. The van der Waals surface area contributed by atoms with E-state index >= 15 is 0 Å². The van der Waals surface area contributed by atoms with Gasteiger partial charge in [0, 0.05) is 0 Å². The van der Waals surface area contributed by atoms with E-state index in [1.165, 1.54) is 0 Å². The van der Waals surface area contributed by atoms with Crippen molar-refractivity contribution in [3.05, 3.63) is 35.4 Å². The molecule has 17 heavy (non-hydrogen) atoms. The van der Waals surface area contributed by atoms with Crippen molar-refractivity contribution >= 4 is 5.97 Å². The van der Waals surface area contributed by atoms with Gasteiger partial charge in [-0.25, -0.2) is 5.90 Å². The van der Waals surface area contributed by atoms with Crippen molar-refractivity contribution in [2.75, 3.05) is 6.61 Å².